The number of hydrogen-bond donors (Lipinski definition) is 0. The Balaban J connectivity index is 1.64. The van der Waals surface area contributed by atoms with Gasteiger partial charge in [-0.25, -0.2) is 4.79 Å². The molecule has 0 spiro atoms. The molecular formula is C22H27NO4. The van der Waals surface area contributed by atoms with Gasteiger partial charge in [-0.15, -0.1) is 0 Å². The van der Waals surface area contributed by atoms with Gasteiger partial charge < -0.3 is 14.0 Å². The molecule has 0 bridgehead atoms. The quantitative estimate of drug-likeness (QED) is 0.552. The molecule has 1 aromatic carbocycles. The van der Waals surface area contributed by atoms with Crippen molar-refractivity contribution >= 4 is 11.8 Å². The van der Waals surface area contributed by atoms with Crippen LogP contribution in [-0.4, -0.2) is 36.6 Å². The first-order valence-corrected chi connectivity index (χ1v) is 9.49. The molecule has 0 atom stereocenters. The summed E-state index contributed by atoms with van der Waals surface area (Å²) in [6, 6.07) is 7.57. The van der Waals surface area contributed by atoms with Crippen LogP contribution in [0.15, 0.2) is 24.3 Å². The van der Waals surface area contributed by atoms with E-state index in [2.05, 4.69) is 0 Å². The molecule has 0 unspecified atom stereocenters. The molecule has 0 saturated carbocycles. The van der Waals surface area contributed by atoms with E-state index in [0.717, 1.165) is 30.7 Å². The molecule has 27 heavy (non-hydrogen) atoms. The monoisotopic (exact) mass is 369 g/mol. The van der Waals surface area contributed by atoms with Crippen LogP contribution in [0, 0.1) is 13.8 Å². The highest BCUT2D eigenvalue weighted by Gasteiger charge is 2.19. The summed E-state index contributed by atoms with van der Waals surface area (Å²) < 4.78 is 12.5. The van der Waals surface area contributed by atoms with Gasteiger partial charge in [0.2, 0.25) is 5.78 Å². The molecule has 0 N–H and O–H groups in total. The fourth-order valence-electron chi connectivity index (χ4n) is 3.76. The topological polar surface area (TPSA) is 57.5 Å². The number of nitrogens with zero attached hydrogens (tertiary/aromatic N) is 1. The van der Waals surface area contributed by atoms with E-state index in [1.807, 2.05) is 36.6 Å². The summed E-state index contributed by atoms with van der Waals surface area (Å²) in [4.78, 5) is 24.9. The second-order valence-corrected chi connectivity index (χ2v) is 7.12. The van der Waals surface area contributed by atoms with Crippen LogP contribution in [0.3, 0.4) is 0 Å². The van der Waals surface area contributed by atoms with Crippen molar-refractivity contribution in [2.24, 2.45) is 0 Å². The minimum Gasteiger partial charge on any atom is -0.454 e. The zero-order chi connectivity index (χ0) is 19.4. The molecule has 0 radical (unpaired) electrons. The van der Waals surface area contributed by atoms with Crippen molar-refractivity contribution in [1.29, 1.82) is 0 Å². The molecule has 144 valence electrons. The number of hydrogen-bond acceptors (Lipinski definition) is 4. The van der Waals surface area contributed by atoms with Gasteiger partial charge in [0.1, 0.15) is 0 Å². The molecule has 3 rings (SSSR count). The van der Waals surface area contributed by atoms with Crippen LogP contribution in [0.25, 0.3) is 0 Å². The first kappa shape index (κ1) is 19.4. The summed E-state index contributed by atoms with van der Waals surface area (Å²) in [7, 11) is 1.65. The molecular weight excluding hydrogens is 342 g/mol. The number of rotatable bonds is 7. The Morgan fingerprint density at radius 3 is 2.56 bits per heavy atom. The van der Waals surface area contributed by atoms with Gasteiger partial charge in [-0.2, -0.15) is 0 Å². The highest BCUT2D eigenvalue weighted by atomic mass is 16.5. The van der Waals surface area contributed by atoms with E-state index in [4.69, 9.17) is 9.47 Å². The van der Waals surface area contributed by atoms with Crippen LogP contribution in [0.1, 0.15) is 56.1 Å². The van der Waals surface area contributed by atoms with Crippen molar-refractivity contribution in [3.63, 3.8) is 0 Å². The summed E-state index contributed by atoms with van der Waals surface area (Å²) in [5, 5.41) is 0. The Morgan fingerprint density at radius 1 is 1.07 bits per heavy atom. The predicted molar refractivity (Wildman–Crippen MR) is 103 cm³/mol. The van der Waals surface area contributed by atoms with E-state index in [9.17, 15) is 9.59 Å². The zero-order valence-corrected chi connectivity index (χ0v) is 16.3. The Labute approximate surface area is 160 Å². The highest BCUT2D eigenvalue weighted by molar-refractivity contribution is 6.00. The van der Waals surface area contributed by atoms with Gasteiger partial charge in [0.25, 0.3) is 0 Å². The normalized spacial score (nSPS) is 13.3. The second-order valence-electron chi connectivity index (χ2n) is 7.12. The summed E-state index contributed by atoms with van der Waals surface area (Å²) in [6.07, 6.45) is 4.43. The third-order valence-electron chi connectivity index (χ3n) is 5.31. The van der Waals surface area contributed by atoms with E-state index in [0.29, 0.717) is 24.3 Å². The number of ether oxygens (including phenoxy) is 2. The zero-order valence-electron chi connectivity index (χ0n) is 16.3. The molecule has 0 saturated heterocycles. The average Bonchev–Trinajstić information content (AvgIpc) is 2.97. The molecule has 0 fully saturated rings. The van der Waals surface area contributed by atoms with E-state index in [1.54, 1.807) is 13.2 Å². The number of aryl methyl sites for hydroxylation is 3. The number of carbonyl (C=O) groups is 2. The summed E-state index contributed by atoms with van der Waals surface area (Å²) >= 11 is 0. The lowest BCUT2D eigenvalue weighted by molar-refractivity contribution is 0.0474. The highest BCUT2D eigenvalue weighted by Crippen LogP contribution is 2.22. The Morgan fingerprint density at radius 2 is 1.81 bits per heavy atom. The van der Waals surface area contributed by atoms with Gasteiger partial charge in [0.05, 0.1) is 12.2 Å². The maximum Gasteiger partial charge on any atom is 0.338 e. The standard InChI is InChI=1S/C22H27NO4/c1-15-12-20(16(2)23(15)10-11-26-3)21(24)14-27-22(25)19-9-8-17-6-4-5-7-18(17)13-19/h8-9,12-13H,4-7,10-11,14H2,1-3H3. The number of aromatic nitrogens is 1. The van der Waals surface area contributed by atoms with Gasteiger partial charge >= 0.3 is 5.97 Å². The first-order chi connectivity index (χ1) is 13.0. The molecule has 2 aromatic rings. The maximum atomic E-state index is 12.6. The molecule has 1 aromatic heterocycles. The number of methoxy groups -OCH3 is 1. The molecule has 1 aliphatic rings. The molecule has 0 aliphatic heterocycles. The van der Waals surface area contributed by atoms with Crippen LogP contribution in [0.2, 0.25) is 0 Å². The van der Waals surface area contributed by atoms with Crippen molar-refractivity contribution in [3.05, 3.63) is 57.9 Å². The Bertz CT molecular complexity index is 850. The summed E-state index contributed by atoms with van der Waals surface area (Å²) in [5.74, 6) is -0.622. The van der Waals surface area contributed by atoms with Crippen molar-refractivity contribution < 1.29 is 19.1 Å². The van der Waals surface area contributed by atoms with Gasteiger partial charge in [0.15, 0.2) is 6.61 Å². The number of Topliss-reactive ketones (excluding diaryl/α,β-unsaturated/α-hetero) is 1. The van der Waals surface area contributed by atoms with Crippen molar-refractivity contribution in [3.8, 4) is 0 Å². The van der Waals surface area contributed by atoms with Gasteiger partial charge in [0, 0.05) is 30.6 Å². The molecule has 1 heterocycles. The minimum absolute atomic E-state index is 0.182. The van der Waals surface area contributed by atoms with Crippen LogP contribution in [0.5, 0.6) is 0 Å². The maximum absolute atomic E-state index is 12.6. The summed E-state index contributed by atoms with van der Waals surface area (Å²) in [6.45, 7) is 4.89. The second kappa shape index (κ2) is 8.53. The number of benzene rings is 1. The van der Waals surface area contributed by atoms with E-state index in [1.165, 1.54) is 17.5 Å². The third kappa shape index (κ3) is 4.30. The van der Waals surface area contributed by atoms with Crippen molar-refractivity contribution in [1.82, 2.24) is 4.57 Å². The lowest BCUT2D eigenvalue weighted by Crippen LogP contribution is -2.16. The number of esters is 1. The van der Waals surface area contributed by atoms with E-state index in [-0.39, 0.29) is 12.4 Å². The number of ketones is 1. The molecule has 5 nitrogen and oxygen atoms in total. The van der Waals surface area contributed by atoms with Crippen LogP contribution < -0.4 is 0 Å². The van der Waals surface area contributed by atoms with Crippen LogP contribution in [0.4, 0.5) is 0 Å². The molecule has 0 amide bonds. The van der Waals surface area contributed by atoms with Crippen LogP contribution >= 0.6 is 0 Å². The smallest absolute Gasteiger partial charge is 0.338 e. The average molecular weight is 369 g/mol. The molecule has 1 aliphatic carbocycles. The Kier molecular flexibility index (Phi) is 6.11. The summed E-state index contributed by atoms with van der Waals surface area (Å²) in [5.41, 5.74) is 5.53. The van der Waals surface area contributed by atoms with Gasteiger partial charge in [-0.3, -0.25) is 4.79 Å². The third-order valence-corrected chi connectivity index (χ3v) is 5.31. The van der Waals surface area contributed by atoms with E-state index < -0.39 is 5.97 Å². The SMILES string of the molecule is COCCn1c(C)cc(C(=O)COC(=O)c2ccc3c(c2)CCCC3)c1C. The molecule has 5 heteroatoms. The largest absolute Gasteiger partial charge is 0.454 e. The minimum atomic E-state index is -0.440. The van der Waals surface area contributed by atoms with Crippen LogP contribution in [-0.2, 0) is 28.9 Å². The fourth-order valence-corrected chi connectivity index (χ4v) is 3.76. The predicted octanol–water partition coefficient (Wildman–Crippen LogP) is 3.67. The van der Waals surface area contributed by atoms with Crippen molar-refractivity contribution in [2.75, 3.05) is 20.3 Å². The lowest BCUT2D eigenvalue weighted by Gasteiger charge is -2.16. The Hall–Kier alpha value is -2.40. The number of carbonyl (C=O) groups excluding carboxylic acids is 2. The first-order valence-electron chi connectivity index (χ1n) is 9.49. The lowest BCUT2D eigenvalue weighted by atomic mass is 9.90. The van der Waals surface area contributed by atoms with Gasteiger partial charge in [-0.05, 0) is 68.9 Å². The number of fused-ring (bicyclic) bond motifs is 1. The van der Waals surface area contributed by atoms with Crippen molar-refractivity contribution in [2.45, 2.75) is 46.1 Å². The fraction of sp³-hybridized carbons (Fsp3) is 0.455. The van der Waals surface area contributed by atoms with Gasteiger partial charge in [-0.1, -0.05) is 6.07 Å². The van der Waals surface area contributed by atoms with E-state index >= 15 is 0 Å².